The van der Waals surface area contributed by atoms with Gasteiger partial charge in [0.25, 0.3) is 11.9 Å². The summed E-state index contributed by atoms with van der Waals surface area (Å²) in [6, 6.07) is 0. The standard InChI is InChI=1S/C4H6O5Si/c1-3(5)8-10(7)9-4(2)6/h1-2H3. The molecule has 10 heavy (non-hydrogen) atoms. The van der Waals surface area contributed by atoms with Gasteiger partial charge in [-0.25, -0.2) is 0 Å². The van der Waals surface area contributed by atoms with Gasteiger partial charge in [0.05, 0.1) is 0 Å². The second-order valence-corrected chi connectivity index (χ2v) is 2.35. The van der Waals surface area contributed by atoms with Gasteiger partial charge in [0.2, 0.25) is 0 Å². The molecule has 0 amide bonds. The quantitative estimate of drug-likeness (QED) is 0.513. The van der Waals surface area contributed by atoms with Crippen molar-refractivity contribution in [2.75, 3.05) is 0 Å². The predicted octanol–water partition coefficient (Wildman–Crippen LogP) is -0.472. The van der Waals surface area contributed by atoms with Crippen molar-refractivity contribution in [2.45, 2.75) is 13.8 Å². The van der Waals surface area contributed by atoms with E-state index >= 15 is 0 Å². The first-order valence-corrected chi connectivity index (χ1v) is 3.65. The molecule has 0 saturated heterocycles. The van der Waals surface area contributed by atoms with Gasteiger partial charge in [-0.2, -0.15) is 0 Å². The predicted molar refractivity (Wildman–Crippen MR) is 30.0 cm³/mol. The molecule has 6 heteroatoms. The smallest absolute Gasteiger partial charge is 0.430 e. The van der Waals surface area contributed by atoms with Crippen LogP contribution in [0, 0.1) is 0 Å². The summed E-state index contributed by atoms with van der Waals surface area (Å²) < 4.78 is 18.4. The monoisotopic (exact) mass is 162 g/mol. The molecular weight excluding hydrogens is 156 g/mol. The van der Waals surface area contributed by atoms with E-state index in [-0.39, 0.29) is 0 Å². The third kappa shape index (κ3) is 5.10. The molecule has 56 valence electrons. The van der Waals surface area contributed by atoms with Gasteiger partial charge < -0.3 is 8.85 Å². The molecule has 0 fully saturated rings. The van der Waals surface area contributed by atoms with Crippen LogP contribution in [0.4, 0.5) is 0 Å². The lowest BCUT2D eigenvalue weighted by Crippen LogP contribution is -2.18. The highest BCUT2D eigenvalue weighted by Gasteiger charge is 2.15. The van der Waals surface area contributed by atoms with Crippen molar-refractivity contribution < 1.29 is 22.9 Å². The average Bonchev–Trinajstić information content (AvgIpc) is 1.58. The molecule has 0 bridgehead atoms. The van der Waals surface area contributed by atoms with E-state index in [9.17, 15) is 14.1 Å². The van der Waals surface area contributed by atoms with E-state index in [4.69, 9.17) is 0 Å². The number of carbonyl (C=O) groups excluding carboxylic acids is 2. The van der Waals surface area contributed by atoms with E-state index in [1.807, 2.05) is 0 Å². The lowest BCUT2D eigenvalue weighted by Gasteiger charge is -1.94. The molecule has 0 aliphatic heterocycles. The molecular formula is C4H6O5Si. The van der Waals surface area contributed by atoms with Crippen molar-refractivity contribution in [1.29, 1.82) is 0 Å². The Bertz CT molecular complexity index is 156. The molecule has 0 unspecified atom stereocenters. The van der Waals surface area contributed by atoms with Crippen molar-refractivity contribution in [3.05, 3.63) is 0 Å². The Labute approximate surface area is 58.8 Å². The topological polar surface area (TPSA) is 69.7 Å². The normalized spacial score (nSPS) is 8.20. The molecule has 0 aliphatic rings. The van der Waals surface area contributed by atoms with Crippen LogP contribution >= 0.6 is 0 Å². The van der Waals surface area contributed by atoms with Crippen LogP contribution in [-0.2, 0) is 22.9 Å². The summed E-state index contributed by atoms with van der Waals surface area (Å²) in [7, 11) is -2.94. The van der Waals surface area contributed by atoms with Crippen LogP contribution in [0.25, 0.3) is 0 Å². The van der Waals surface area contributed by atoms with Gasteiger partial charge in [-0.05, 0) is 0 Å². The maximum atomic E-state index is 10.4. The molecule has 5 nitrogen and oxygen atoms in total. The van der Waals surface area contributed by atoms with E-state index in [1.165, 1.54) is 0 Å². The second kappa shape index (κ2) is 3.88. The number of rotatable bonds is 2. The van der Waals surface area contributed by atoms with E-state index in [2.05, 4.69) is 8.85 Å². The average molecular weight is 162 g/mol. The minimum Gasteiger partial charge on any atom is -0.430 e. The van der Waals surface area contributed by atoms with Gasteiger partial charge in [-0.15, -0.1) is 0 Å². The lowest BCUT2D eigenvalue weighted by molar-refractivity contribution is -0.138. The zero-order valence-electron chi connectivity index (χ0n) is 5.54. The molecule has 0 aromatic rings. The van der Waals surface area contributed by atoms with E-state index < -0.39 is 21.1 Å². The van der Waals surface area contributed by atoms with Crippen molar-refractivity contribution in [1.82, 2.24) is 0 Å². The maximum Gasteiger partial charge on any atom is 0.782 e. The van der Waals surface area contributed by atoms with Crippen molar-refractivity contribution in [3.8, 4) is 0 Å². The van der Waals surface area contributed by atoms with Crippen LogP contribution in [0.15, 0.2) is 0 Å². The summed E-state index contributed by atoms with van der Waals surface area (Å²) in [5.41, 5.74) is 0. The second-order valence-electron chi connectivity index (χ2n) is 1.44. The third-order valence-electron chi connectivity index (χ3n) is 0.454. The highest BCUT2D eigenvalue weighted by atomic mass is 28.3. The summed E-state index contributed by atoms with van der Waals surface area (Å²) in [5, 5.41) is 0. The third-order valence-corrected chi connectivity index (χ3v) is 1.36. The first-order valence-electron chi connectivity index (χ1n) is 2.43. The minimum atomic E-state index is -2.94. The fraction of sp³-hybridized carbons (Fsp3) is 0.500. The zero-order chi connectivity index (χ0) is 8.15. The van der Waals surface area contributed by atoms with Gasteiger partial charge in [0, 0.05) is 13.8 Å². The fourth-order valence-electron chi connectivity index (χ4n) is 0.256. The van der Waals surface area contributed by atoms with Gasteiger partial charge in [0.1, 0.15) is 0 Å². The zero-order valence-corrected chi connectivity index (χ0v) is 6.54. The van der Waals surface area contributed by atoms with Crippen LogP contribution in [0.2, 0.25) is 0 Å². The molecule has 0 N–H and O–H groups in total. The highest BCUT2D eigenvalue weighted by molar-refractivity contribution is 6.32. The Morgan fingerprint density at radius 1 is 1.10 bits per heavy atom. The fourth-order valence-corrected chi connectivity index (χ4v) is 0.767. The van der Waals surface area contributed by atoms with Gasteiger partial charge >= 0.3 is 9.17 Å². The van der Waals surface area contributed by atoms with Crippen LogP contribution < -0.4 is 0 Å². The van der Waals surface area contributed by atoms with E-state index in [0.717, 1.165) is 13.8 Å². The Hall–Kier alpha value is -1.04. The molecule has 0 aliphatic carbocycles. The molecule has 0 saturated carbocycles. The summed E-state index contributed by atoms with van der Waals surface area (Å²) in [6.07, 6.45) is 0. The van der Waals surface area contributed by atoms with Crippen LogP contribution in [0.3, 0.4) is 0 Å². The molecule has 0 aromatic heterocycles. The summed E-state index contributed by atoms with van der Waals surface area (Å²) in [6.45, 7) is 2.15. The SMILES string of the molecule is CC(=O)O[Si](=O)OC(C)=O. The van der Waals surface area contributed by atoms with E-state index in [0.29, 0.717) is 0 Å². The Morgan fingerprint density at radius 2 is 1.40 bits per heavy atom. The van der Waals surface area contributed by atoms with Gasteiger partial charge in [0.15, 0.2) is 0 Å². The number of carbonyl (C=O) groups is 2. The Kier molecular flexibility index (Phi) is 3.48. The molecule has 0 rings (SSSR count). The first-order chi connectivity index (χ1) is 4.52. The number of hydrogen-bond donors (Lipinski definition) is 0. The largest absolute Gasteiger partial charge is 0.782 e. The summed E-state index contributed by atoms with van der Waals surface area (Å²) in [5.74, 6) is -1.46. The van der Waals surface area contributed by atoms with Crippen LogP contribution in [0.1, 0.15) is 13.8 Å². The maximum absolute atomic E-state index is 10.4. The van der Waals surface area contributed by atoms with Crippen molar-refractivity contribution in [3.63, 3.8) is 0 Å². The molecule has 0 radical (unpaired) electrons. The Morgan fingerprint density at radius 3 is 1.60 bits per heavy atom. The van der Waals surface area contributed by atoms with Crippen molar-refractivity contribution in [2.24, 2.45) is 0 Å². The molecule has 0 spiro atoms. The first kappa shape index (κ1) is 8.96. The molecule has 0 atom stereocenters. The van der Waals surface area contributed by atoms with Gasteiger partial charge in [-0.1, -0.05) is 0 Å². The van der Waals surface area contributed by atoms with Gasteiger partial charge in [-0.3, -0.25) is 14.1 Å². The molecule has 0 aromatic carbocycles. The van der Waals surface area contributed by atoms with E-state index in [1.54, 1.807) is 0 Å². The van der Waals surface area contributed by atoms with Crippen molar-refractivity contribution >= 4 is 21.1 Å². The highest BCUT2D eigenvalue weighted by Crippen LogP contribution is 1.80. The minimum absolute atomic E-state index is 0.731. The van der Waals surface area contributed by atoms with Crippen LogP contribution in [0.5, 0.6) is 0 Å². The lowest BCUT2D eigenvalue weighted by atomic mass is 10.9. The van der Waals surface area contributed by atoms with Crippen LogP contribution in [-0.4, -0.2) is 21.1 Å². The summed E-state index contributed by atoms with van der Waals surface area (Å²) in [4.78, 5) is 20.1. The number of hydrogen-bond acceptors (Lipinski definition) is 5. The molecule has 0 heterocycles. The summed E-state index contributed by atoms with van der Waals surface area (Å²) >= 11 is 0. The Balaban J connectivity index is 3.65.